The van der Waals surface area contributed by atoms with Crippen molar-refractivity contribution in [2.75, 3.05) is 7.11 Å². The number of hydrogen-bond donors (Lipinski definition) is 0. The molecule has 3 nitrogen and oxygen atoms in total. The Hall–Kier alpha value is -1.87. The predicted molar refractivity (Wildman–Crippen MR) is 72.7 cm³/mol. The molecule has 0 bridgehead atoms. The third kappa shape index (κ3) is 2.68. The van der Waals surface area contributed by atoms with Gasteiger partial charge in [0.25, 0.3) is 0 Å². The van der Waals surface area contributed by atoms with Crippen LogP contribution < -0.4 is 4.74 Å². The molecule has 0 aliphatic heterocycles. The summed E-state index contributed by atoms with van der Waals surface area (Å²) in [5.41, 5.74) is 2.21. The minimum atomic E-state index is 0.315. The summed E-state index contributed by atoms with van der Waals surface area (Å²) < 4.78 is 5.09. The minimum absolute atomic E-state index is 0.315. The van der Waals surface area contributed by atoms with Crippen molar-refractivity contribution in [1.82, 2.24) is 0 Å². The third-order valence-corrected chi connectivity index (χ3v) is 3.02. The fraction of sp³-hybridized carbons (Fsp3) is 0.143. The van der Waals surface area contributed by atoms with Gasteiger partial charge in [-0.3, -0.25) is 0 Å². The monoisotopic (exact) mass is 261 g/mol. The fourth-order valence-electron chi connectivity index (χ4n) is 1.77. The highest BCUT2D eigenvalue weighted by Crippen LogP contribution is 2.30. The van der Waals surface area contributed by atoms with Crippen LogP contribution in [0.15, 0.2) is 47.6 Å². The molecule has 0 unspecified atom stereocenters. The number of ether oxygens (including phenoxy) is 1. The van der Waals surface area contributed by atoms with E-state index in [0.717, 1.165) is 16.9 Å². The Balaban J connectivity index is 2.28. The first-order valence-electron chi connectivity index (χ1n) is 5.48. The van der Waals surface area contributed by atoms with Gasteiger partial charge in [0.1, 0.15) is 11.4 Å². The molecule has 0 saturated heterocycles. The summed E-state index contributed by atoms with van der Waals surface area (Å²) in [5, 5.41) is 3.38. The van der Waals surface area contributed by atoms with E-state index < -0.39 is 0 Å². The van der Waals surface area contributed by atoms with Crippen molar-refractivity contribution in [3.8, 4) is 5.75 Å². The van der Waals surface area contributed by atoms with Crippen molar-refractivity contribution in [2.45, 2.75) is 6.42 Å². The van der Waals surface area contributed by atoms with Gasteiger partial charge in [0.15, 0.2) is 0 Å². The Bertz CT molecular complexity index is 552. The highest BCUT2D eigenvalue weighted by molar-refractivity contribution is 6.33. The average Bonchev–Trinajstić information content (AvgIpc) is 2.40. The van der Waals surface area contributed by atoms with Gasteiger partial charge in [0.05, 0.1) is 12.1 Å². The van der Waals surface area contributed by atoms with Gasteiger partial charge >= 0.3 is 0 Å². The van der Waals surface area contributed by atoms with Crippen LogP contribution in [0.3, 0.4) is 0 Å². The molecule has 0 aliphatic carbocycles. The molecule has 0 spiro atoms. The number of benzene rings is 2. The van der Waals surface area contributed by atoms with Crippen molar-refractivity contribution in [3.05, 3.63) is 63.5 Å². The van der Waals surface area contributed by atoms with Crippen LogP contribution in [0, 0.1) is 4.91 Å². The predicted octanol–water partition coefficient (Wildman–Crippen LogP) is 4.34. The van der Waals surface area contributed by atoms with Crippen molar-refractivity contribution in [2.24, 2.45) is 5.18 Å². The molecule has 2 aromatic rings. The SMILES string of the molecule is COc1ccc(Cc2cccc(Cl)c2N=O)cc1. The molecule has 18 heavy (non-hydrogen) atoms. The van der Waals surface area contributed by atoms with Gasteiger partial charge in [-0.05, 0) is 40.9 Å². The number of hydrogen-bond acceptors (Lipinski definition) is 3. The lowest BCUT2D eigenvalue weighted by Gasteiger charge is -2.06. The number of nitrogens with zero attached hydrogens (tertiary/aromatic N) is 1. The summed E-state index contributed by atoms with van der Waals surface area (Å²) in [6.45, 7) is 0. The first-order valence-corrected chi connectivity index (χ1v) is 5.86. The summed E-state index contributed by atoms with van der Waals surface area (Å²) in [5.74, 6) is 0.804. The molecule has 4 heteroatoms. The summed E-state index contributed by atoms with van der Waals surface area (Å²) in [6, 6.07) is 13.0. The van der Waals surface area contributed by atoms with Gasteiger partial charge in [0, 0.05) is 0 Å². The molecule has 0 aromatic heterocycles. The molecule has 0 N–H and O–H groups in total. The van der Waals surface area contributed by atoms with E-state index in [2.05, 4.69) is 5.18 Å². The van der Waals surface area contributed by atoms with Crippen LogP contribution in [-0.2, 0) is 6.42 Å². The van der Waals surface area contributed by atoms with Crippen LogP contribution >= 0.6 is 11.6 Å². The molecule has 0 radical (unpaired) electrons. The molecular weight excluding hydrogens is 250 g/mol. The van der Waals surface area contributed by atoms with Crippen molar-refractivity contribution >= 4 is 17.3 Å². The van der Waals surface area contributed by atoms with E-state index in [0.29, 0.717) is 17.1 Å². The molecule has 2 rings (SSSR count). The molecule has 2 aromatic carbocycles. The summed E-state index contributed by atoms with van der Waals surface area (Å²) in [4.78, 5) is 10.8. The first-order chi connectivity index (χ1) is 8.74. The van der Waals surface area contributed by atoms with Crippen LogP contribution in [0.4, 0.5) is 5.69 Å². The van der Waals surface area contributed by atoms with E-state index in [1.807, 2.05) is 36.4 Å². The molecule has 0 saturated carbocycles. The van der Waals surface area contributed by atoms with Crippen LogP contribution in [0.1, 0.15) is 11.1 Å². The highest BCUT2D eigenvalue weighted by Gasteiger charge is 2.08. The minimum Gasteiger partial charge on any atom is -0.497 e. The number of rotatable bonds is 4. The third-order valence-electron chi connectivity index (χ3n) is 2.72. The molecule has 0 fully saturated rings. The topological polar surface area (TPSA) is 38.7 Å². The van der Waals surface area contributed by atoms with Crippen LogP contribution in [-0.4, -0.2) is 7.11 Å². The van der Waals surface area contributed by atoms with Gasteiger partial charge in [-0.15, -0.1) is 4.91 Å². The largest absolute Gasteiger partial charge is 0.497 e. The van der Waals surface area contributed by atoms with Gasteiger partial charge in [-0.1, -0.05) is 35.9 Å². The Morgan fingerprint density at radius 2 is 1.89 bits per heavy atom. The summed E-state index contributed by atoms with van der Waals surface area (Å²) in [6.07, 6.45) is 0.617. The lowest BCUT2D eigenvalue weighted by atomic mass is 10.0. The van der Waals surface area contributed by atoms with Crippen molar-refractivity contribution in [3.63, 3.8) is 0 Å². The van der Waals surface area contributed by atoms with E-state index in [9.17, 15) is 4.91 Å². The summed E-state index contributed by atoms with van der Waals surface area (Å²) >= 11 is 5.93. The second-order valence-corrected chi connectivity index (χ2v) is 4.27. The van der Waals surface area contributed by atoms with Crippen LogP contribution in [0.5, 0.6) is 5.75 Å². The fourth-order valence-corrected chi connectivity index (χ4v) is 2.00. The zero-order valence-corrected chi connectivity index (χ0v) is 10.6. The maximum Gasteiger partial charge on any atom is 0.130 e. The van der Waals surface area contributed by atoms with Gasteiger partial charge in [-0.2, -0.15) is 0 Å². The molecule has 0 atom stereocenters. The van der Waals surface area contributed by atoms with E-state index in [1.54, 1.807) is 13.2 Å². The van der Waals surface area contributed by atoms with E-state index in [4.69, 9.17) is 16.3 Å². The Kier molecular flexibility index (Phi) is 3.95. The van der Waals surface area contributed by atoms with Gasteiger partial charge in [-0.25, -0.2) is 0 Å². The second kappa shape index (κ2) is 5.65. The average molecular weight is 262 g/mol. The van der Waals surface area contributed by atoms with Gasteiger partial charge in [0.2, 0.25) is 0 Å². The van der Waals surface area contributed by atoms with Crippen molar-refractivity contribution in [1.29, 1.82) is 0 Å². The molecule has 0 amide bonds. The Morgan fingerprint density at radius 3 is 2.50 bits per heavy atom. The van der Waals surface area contributed by atoms with E-state index in [1.165, 1.54) is 0 Å². The highest BCUT2D eigenvalue weighted by atomic mass is 35.5. The summed E-state index contributed by atoms with van der Waals surface area (Å²) in [7, 11) is 1.63. The smallest absolute Gasteiger partial charge is 0.130 e. The van der Waals surface area contributed by atoms with Crippen molar-refractivity contribution < 1.29 is 4.74 Å². The Labute approximate surface area is 110 Å². The molecular formula is C14H12ClNO2. The first kappa shape index (κ1) is 12.6. The zero-order valence-electron chi connectivity index (χ0n) is 9.89. The maximum absolute atomic E-state index is 10.8. The number of halogens is 1. The standard InChI is InChI=1S/C14H12ClNO2/c1-18-12-7-5-10(6-8-12)9-11-3-2-4-13(15)14(11)16-17/h2-8H,9H2,1H3. The number of methoxy groups -OCH3 is 1. The Morgan fingerprint density at radius 1 is 1.17 bits per heavy atom. The van der Waals surface area contributed by atoms with Gasteiger partial charge < -0.3 is 4.74 Å². The lowest BCUT2D eigenvalue weighted by Crippen LogP contribution is -1.90. The van der Waals surface area contributed by atoms with E-state index in [-0.39, 0.29) is 0 Å². The second-order valence-electron chi connectivity index (χ2n) is 3.86. The normalized spacial score (nSPS) is 10.1. The molecule has 0 aliphatic rings. The maximum atomic E-state index is 10.8. The van der Waals surface area contributed by atoms with Crippen LogP contribution in [0.25, 0.3) is 0 Å². The number of nitroso groups, excluding NO2 is 1. The molecule has 0 heterocycles. The molecule has 92 valence electrons. The van der Waals surface area contributed by atoms with E-state index >= 15 is 0 Å². The van der Waals surface area contributed by atoms with Crippen LogP contribution in [0.2, 0.25) is 5.02 Å². The lowest BCUT2D eigenvalue weighted by molar-refractivity contribution is 0.414. The quantitative estimate of drug-likeness (QED) is 0.768. The zero-order chi connectivity index (χ0) is 13.0.